The van der Waals surface area contributed by atoms with E-state index in [-0.39, 0.29) is 11.8 Å². The minimum atomic E-state index is -0.123. The zero-order valence-electron chi connectivity index (χ0n) is 12.5. The first-order chi connectivity index (χ1) is 10.6. The predicted molar refractivity (Wildman–Crippen MR) is 85.8 cm³/mol. The molecule has 2 amide bonds. The number of nitrogens with one attached hydrogen (secondary N) is 1. The van der Waals surface area contributed by atoms with Gasteiger partial charge in [0.05, 0.1) is 0 Å². The number of hydrogen-bond acceptors (Lipinski definition) is 2. The fourth-order valence-electron chi connectivity index (χ4n) is 2.73. The Balaban J connectivity index is 1.74. The second-order valence-corrected chi connectivity index (χ2v) is 5.43. The van der Waals surface area contributed by atoms with Gasteiger partial charge < -0.3 is 10.2 Å². The van der Waals surface area contributed by atoms with E-state index in [0.717, 1.165) is 23.2 Å². The fourth-order valence-corrected chi connectivity index (χ4v) is 2.73. The standard InChI is InChI=1S/C18H18N2O2/c1-13(21)20-10-9-15-7-8-16(11-17(15)20)18(22)19-12-14-5-3-2-4-6-14/h2-8,11H,9-10,12H2,1H3,(H,19,22). The molecule has 0 fully saturated rings. The number of anilines is 1. The van der Waals surface area contributed by atoms with Crippen LogP contribution in [0, 0.1) is 0 Å². The Morgan fingerprint density at radius 3 is 2.64 bits per heavy atom. The van der Waals surface area contributed by atoms with Crippen LogP contribution in [-0.4, -0.2) is 18.4 Å². The highest BCUT2D eigenvalue weighted by Gasteiger charge is 2.23. The molecule has 0 radical (unpaired) electrons. The lowest BCUT2D eigenvalue weighted by atomic mass is 10.1. The second-order valence-electron chi connectivity index (χ2n) is 5.43. The van der Waals surface area contributed by atoms with Gasteiger partial charge in [-0.3, -0.25) is 9.59 Å². The molecule has 1 aliphatic heterocycles. The van der Waals surface area contributed by atoms with Crippen molar-refractivity contribution in [2.45, 2.75) is 19.9 Å². The molecule has 0 saturated carbocycles. The van der Waals surface area contributed by atoms with Crippen molar-refractivity contribution >= 4 is 17.5 Å². The molecule has 0 spiro atoms. The molecular weight excluding hydrogens is 276 g/mol. The predicted octanol–water partition coefficient (Wildman–Crippen LogP) is 2.53. The maximum Gasteiger partial charge on any atom is 0.251 e. The van der Waals surface area contributed by atoms with Crippen LogP contribution in [0.3, 0.4) is 0 Å². The number of amides is 2. The molecule has 112 valence electrons. The Bertz CT molecular complexity index is 710. The Morgan fingerprint density at radius 2 is 1.91 bits per heavy atom. The van der Waals surface area contributed by atoms with Crippen LogP contribution in [0.5, 0.6) is 0 Å². The monoisotopic (exact) mass is 294 g/mol. The van der Waals surface area contributed by atoms with E-state index in [2.05, 4.69) is 5.32 Å². The minimum absolute atomic E-state index is 0.0144. The lowest BCUT2D eigenvalue weighted by Crippen LogP contribution is -2.26. The van der Waals surface area contributed by atoms with Crippen molar-refractivity contribution in [3.63, 3.8) is 0 Å². The van der Waals surface area contributed by atoms with E-state index in [1.807, 2.05) is 48.5 Å². The Labute approximate surface area is 129 Å². The maximum absolute atomic E-state index is 12.3. The lowest BCUT2D eigenvalue weighted by Gasteiger charge is -2.15. The van der Waals surface area contributed by atoms with Gasteiger partial charge in [-0.2, -0.15) is 0 Å². The Kier molecular flexibility index (Phi) is 3.92. The summed E-state index contributed by atoms with van der Waals surface area (Å²) >= 11 is 0. The molecule has 3 rings (SSSR count). The van der Waals surface area contributed by atoms with Crippen molar-refractivity contribution < 1.29 is 9.59 Å². The smallest absolute Gasteiger partial charge is 0.251 e. The summed E-state index contributed by atoms with van der Waals surface area (Å²) in [7, 11) is 0. The average molecular weight is 294 g/mol. The van der Waals surface area contributed by atoms with Crippen LogP contribution in [0.15, 0.2) is 48.5 Å². The van der Waals surface area contributed by atoms with Crippen molar-refractivity contribution in [3.8, 4) is 0 Å². The van der Waals surface area contributed by atoms with E-state index >= 15 is 0 Å². The third kappa shape index (κ3) is 2.86. The SMILES string of the molecule is CC(=O)N1CCc2ccc(C(=O)NCc3ccccc3)cc21. The zero-order valence-corrected chi connectivity index (χ0v) is 12.5. The number of benzene rings is 2. The quantitative estimate of drug-likeness (QED) is 0.945. The molecule has 0 bridgehead atoms. The van der Waals surface area contributed by atoms with E-state index in [1.165, 1.54) is 0 Å². The normalized spacial score (nSPS) is 12.9. The molecule has 0 aromatic heterocycles. The van der Waals surface area contributed by atoms with Crippen molar-refractivity contribution in [3.05, 3.63) is 65.2 Å². The van der Waals surface area contributed by atoms with Gasteiger partial charge in [0.15, 0.2) is 0 Å². The molecule has 2 aromatic rings. The first kappa shape index (κ1) is 14.3. The third-order valence-corrected chi connectivity index (χ3v) is 3.92. The molecule has 22 heavy (non-hydrogen) atoms. The summed E-state index contributed by atoms with van der Waals surface area (Å²) in [4.78, 5) is 25.6. The Hall–Kier alpha value is -2.62. The van der Waals surface area contributed by atoms with E-state index in [9.17, 15) is 9.59 Å². The van der Waals surface area contributed by atoms with Crippen LogP contribution in [-0.2, 0) is 17.8 Å². The highest BCUT2D eigenvalue weighted by atomic mass is 16.2. The number of nitrogens with zero attached hydrogens (tertiary/aromatic N) is 1. The van der Waals surface area contributed by atoms with Crippen LogP contribution in [0.25, 0.3) is 0 Å². The van der Waals surface area contributed by atoms with Crippen LogP contribution >= 0.6 is 0 Å². The van der Waals surface area contributed by atoms with E-state index in [4.69, 9.17) is 0 Å². The van der Waals surface area contributed by atoms with E-state index in [0.29, 0.717) is 18.7 Å². The van der Waals surface area contributed by atoms with Crippen LogP contribution in [0.1, 0.15) is 28.4 Å². The summed E-state index contributed by atoms with van der Waals surface area (Å²) in [5.41, 5.74) is 3.62. The molecule has 1 N–H and O–H groups in total. The van der Waals surface area contributed by atoms with Gasteiger partial charge in [0.2, 0.25) is 5.91 Å². The molecule has 1 heterocycles. The molecule has 4 heteroatoms. The van der Waals surface area contributed by atoms with Crippen molar-refractivity contribution in [1.29, 1.82) is 0 Å². The van der Waals surface area contributed by atoms with E-state index < -0.39 is 0 Å². The summed E-state index contributed by atoms with van der Waals surface area (Å²) in [6.45, 7) is 2.74. The number of fused-ring (bicyclic) bond motifs is 1. The van der Waals surface area contributed by atoms with Gasteiger partial charge in [0, 0.05) is 31.3 Å². The molecule has 1 aliphatic rings. The molecule has 0 unspecified atom stereocenters. The lowest BCUT2D eigenvalue weighted by molar-refractivity contribution is -0.116. The van der Waals surface area contributed by atoms with Gasteiger partial charge in [-0.25, -0.2) is 0 Å². The molecule has 0 aliphatic carbocycles. The van der Waals surface area contributed by atoms with Gasteiger partial charge in [-0.05, 0) is 29.7 Å². The van der Waals surface area contributed by atoms with Crippen molar-refractivity contribution in [2.75, 3.05) is 11.4 Å². The highest BCUT2D eigenvalue weighted by molar-refractivity contribution is 5.99. The molecule has 0 saturated heterocycles. The van der Waals surface area contributed by atoms with Crippen molar-refractivity contribution in [2.24, 2.45) is 0 Å². The largest absolute Gasteiger partial charge is 0.348 e. The molecule has 4 nitrogen and oxygen atoms in total. The molecule has 2 aromatic carbocycles. The topological polar surface area (TPSA) is 49.4 Å². The van der Waals surface area contributed by atoms with Gasteiger partial charge in [0.25, 0.3) is 5.91 Å². The number of carbonyl (C=O) groups excluding carboxylic acids is 2. The van der Waals surface area contributed by atoms with Gasteiger partial charge in [-0.1, -0.05) is 36.4 Å². The van der Waals surface area contributed by atoms with Crippen LogP contribution in [0.4, 0.5) is 5.69 Å². The van der Waals surface area contributed by atoms with Crippen molar-refractivity contribution in [1.82, 2.24) is 5.32 Å². The minimum Gasteiger partial charge on any atom is -0.348 e. The summed E-state index contributed by atoms with van der Waals surface area (Å²) in [5.74, 6) is -0.109. The summed E-state index contributed by atoms with van der Waals surface area (Å²) < 4.78 is 0. The summed E-state index contributed by atoms with van der Waals surface area (Å²) in [6, 6.07) is 15.4. The third-order valence-electron chi connectivity index (χ3n) is 3.92. The van der Waals surface area contributed by atoms with Crippen LogP contribution < -0.4 is 10.2 Å². The second kappa shape index (κ2) is 6.02. The number of carbonyl (C=O) groups is 2. The molecular formula is C18H18N2O2. The maximum atomic E-state index is 12.3. The first-order valence-electron chi connectivity index (χ1n) is 7.38. The summed E-state index contributed by atoms with van der Waals surface area (Å²) in [5, 5.41) is 2.91. The Morgan fingerprint density at radius 1 is 1.14 bits per heavy atom. The van der Waals surface area contributed by atoms with Gasteiger partial charge in [-0.15, -0.1) is 0 Å². The molecule has 0 atom stereocenters. The number of rotatable bonds is 3. The highest BCUT2D eigenvalue weighted by Crippen LogP contribution is 2.29. The van der Waals surface area contributed by atoms with Gasteiger partial charge in [0.1, 0.15) is 0 Å². The summed E-state index contributed by atoms with van der Waals surface area (Å²) in [6.07, 6.45) is 0.848. The zero-order chi connectivity index (χ0) is 15.5. The first-order valence-corrected chi connectivity index (χ1v) is 7.38. The average Bonchev–Trinajstić information content (AvgIpc) is 2.96. The van der Waals surface area contributed by atoms with Crippen LogP contribution in [0.2, 0.25) is 0 Å². The van der Waals surface area contributed by atoms with Gasteiger partial charge >= 0.3 is 0 Å². The fraction of sp³-hybridized carbons (Fsp3) is 0.222. The van der Waals surface area contributed by atoms with E-state index in [1.54, 1.807) is 11.8 Å². The number of hydrogen-bond donors (Lipinski definition) is 1.